The number of pyridine rings is 1. The largest absolute Gasteiger partial charge is 0.497 e. The van der Waals surface area contributed by atoms with Crippen molar-refractivity contribution < 1.29 is 9.13 Å². The number of hydrogen-bond acceptors (Lipinski definition) is 4. The van der Waals surface area contributed by atoms with Crippen molar-refractivity contribution in [2.75, 3.05) is 33.3 Å². The van der Waals surface area contributed by atoms with Gasteiger partial charge in [-0.05, 0) is 62.7 Å². The fourth-order valence-corrected chi connectivity index (χ4v) is 3.58. The molecule has 29 heavy (non-hydrogen) atoms. The van der Waals surface area contributed by atoms with Crippen LogP contribution in [0.4, 0.5) is 4.39 Å². The van der Waals surface area contributed by atoms with E-state index >= 15 is 0 Å². The number of likely N-dealkylation sites (tertiary alicyclic amines) is 1. The summed E-state index contributed by atoms with van der Waals surface area (Å²) in [5.74, 6) is 1.18. The predicted molar refractivity (Wildman–Crippen MR) is 114 cm³/mol. The van der Waals surface area contributed by atoms with Gasteiger partial charge in [0.15, 0.2) is 5.96 Å². The smallest absolute Gasteiger partial charge is 0.191 e. The highest BCUT2D eigenvalue weighted by molar-refractivity contribution is 5.79. The van der Waals surface area contributed by atoms with E-state index in [1.807, 2.05) is 19.1 Å². The third-order valence-corrected chi connectivity index (χ3v) is 5.09. The summed E-state index contributed by atoms with van der Waals surface area (Å²) in [4.78, 5) is 11.1. The molecular weight excluding hydrogens is 369 g/mol. The van der Waals surface area contributed by atoms with Crippen molar-refractivity contribution in [1.82, 2.24) is 20.5 Å². The zero-order chi connectivity index (χ0) is 20.5. The van der Waals surface area contributed by atoms with Gasteiger partial charge in [0.05, 0.1) is 25.4 Å². The highest BCUT2D eigenvalue weighted by atomic mass is 19.1. The minimum absolute atomic E-state index is 0.190. The Balaban J connectivity index is 1.73. The Labute approximate surface area is 172 Å². The van der Waals surface area contributed by atoms with Gasteiger partial charge in [0.25, 0.3) is 0 Å². The molecule has 0 bridgehead atoms. The molecule has 1 aromatic carbocycles. The van der Waals surface area contributed by atoms with E-state index in [0.717, 1.165) is 25.4 Å². The van der Waals surface area contributed by atoms with Gasteiger partial charge in [0, 0.05) is 19.3 Å². The van der Waals surface area contributed by atoms with Crippen LogP contribution in [0.2, 0.25) is 0 Å². The quantitative estimate of drug-likeness (QED) is 0.528. The lowest BCUT2D eigenvalue weighted by Crippen LogP contribution is -2.42. The van der Waals surface area contributed by atoms with E-state index in [-0.39, 0.29) is 18.4 Å². The van der Waals surface area contributed by atoms with Crippen LogP contribution in [0.5, 0.6) is 5.75 Å². The molecular formula is C22H30FN5O. The Morgan fingerprint density at radius 1 is 1.24 bits per heavy atom. The molecule has 1 aliphatic heterocycles. The average molecular weight is 400 g/mol. The van der Waals surface area contributed by atoms with Gasteiger partial charge in [0.1, 0.15) is 11.6 Å². The first-order valence-corrected chi connectivity index (χ1v) is 10.2. The van der Waals surface area contributed by atoms with E-state index in [1.165, 1.54) is 24.5 Å². The number of methoxy groups -OCH3 is 1. The molecule has 0 saturated carbocycles. The molecule has 6 nitrogen and oxygen atoms in total. The van der Waals surface area contributed by atoms with Crippen LogP contribution < -0.4 is 15.4 Å². The summed E-state index contributed by atoms with van der Waals surface area (Å²) in [5, 5.41) is 6.67. The summed E-state index contributed by atoms with van der Waals surface area (Å²) in [5.41, 5.74) is 1.55. The summed E-state index contributed by atoms with van der Waals surface area (Å²) in [6.45, 7) is 5.79. The fraction of sp³-hybridized carbons (Fsp3) is 0.455. The number of halogens is 1. The molecule has 1 aromatic heterocycles. The maximum atomic E-state index is 13.8. The molecule has 2 N–H and O–H groups in total. The zero-order valence-corrected chi connectivity index (χ0v) is 17.2. The zero-order valence-electron chi connectivity index (χ0n) is 17.2. The van der Waals surface area contributed by atoms with Crippen LogP contribution in [-0.4, -0.2) is 49.1 Å². The van der Waals surface area contributed by atoms with E-state index in [4.69, 9.17) is 4.74 Å². The summed E-state index contributed by atoms with van der Waals surface area (Å²) in [6, 6.07) is 11.4. The Morgan fingerprint density at radius 3 is 2.79 bits per heavy atom. The van der Waals surface area contributed by atoms with E-state index in [2.05, 4.69) is 37.6 Å². The average Bonchev–Trinajstić information content (AvgIpc) is 3.28. The maximum Gasteiger partial charge on any atom is 0.191 e. The topological polar surface area (TPSA) is 61.8 Å². The van der Waals surface area contributed by atoms with Gasteiger partial charge in [-0.2, -0.15) is 0 Å². The van der Waals surface area contributed by atoms with Crippen molar-refractivity contribution in [2.45, 2.75) is 32.4 Å². The molecule has 0 amide bonds. The lowest BCUT2D eigenvalue weighted by molar-refractivity contribution is 0.245. The van der Waals surface area contributed by atoms with Crippen LogP contribution in [0.3, 0.4) is 0 Å². The molecule has 0 radical (unpaired) electrons. The molecule has 1 saturated heterocycles. The molecule has 1 aliphatic rings. The van der Waals surface area contributed by atoms with Crippen molar-refractivity contribution in [3.05, 3.63) is 59.7 Å². The lowest BCUT2D eigenvalue weighted by atomic mass is 10.1. The predicted octanol–water partition coefficient (Wildman–Crippen LogP) is 3.12. The molecule has 2 heterocycles. The van der Waals surface area contributed by atoms with Crippen LogP contribution in [0.25, 0.3) is 0 Å². The van der Waals surface area contributed by atoms with E-state index in [0.29, 0.717) is 18.2 Å². The van der Waals surface area contributed by atoms with Crippen LogP contribution in [0.1, 0.15) is 37.1 Å². The first-order chi connectivity index (χ1) is 14.2. The van der Waals surface area contributed by atoms with Crippen molar-refractivity contribution in [1.29, 1.82) is 0 Å². The number of ether oxygens (including phenoxy) is 1. The molecule has 0 spiro atoms. The Hall–Kier alpha value is -2.67. The molecule has 1 atom stereocenters. The van der Waals surface area contributed by atoms with Crippen molar-refractivity contribution >= 4 is 5.96 Å². The van der Waals surface area contributed by atoms with Gasteiger partial charge in [-0.1, -0.05) is 12.1 Å². The van der Waals surface area contributed by atoms with Gasteiger partial charge >= 0.3 is 0 Å². The van der Waals surface area contributed by atoms with Gasteiger partial charge < -0.3 is 15.4 Å². The second-order valence-electron chi connectivity index (χ2n) is 7.04. The highest BCUT2D eigenvalue weighted by Gasteiger charge is 2.24. The molecule has 1 unspecified atom stereocenters. The highest BCUT2D eigenvalue weighted by Crippen LogP contribution is 2.27. The number of aromatic nitrogens is 1. The fourth-order valence-electron chi connectivity index (χ4n) is 3.58. The Kier molecular flexibility index (Phi) is 7.81. The molecule has 0 aliphatic carbocycles. The Bertz CT molecular complexity index is 807. The lowest BCUT2D eigenvalue weighted by Gasteiger charge is -2.29. The van der Waals surface area contributed by atoms with Crippen LogP contribution in [-0.2, 0) is 6.54 Å². The molecule has 2 aromatic rings. The SMILES string of the molecule is CCNC(=NCc1ncccc1F)NCC(c1cccc(OC)c1)N1CCCC1. The second-order valence-corrected chi connectivity index (χ2v) is 7.04. The maximum absolute atomic E-state index is 13.8. The van der Waals surface area contributed by atoms with Crippen molar-refractivity contribution in [3.63, 3.8) is 0 Å². The summed E-state index contributed by atoms with van der Waals surface area (Å²) < 4.78 is 19.3. The van der Waals surface area contributed by atoms with E-state index in [9.17, 15) is 4.39 Å². The number of guanidine groups is 1. The molecule has 1 fully saturated rings. The van der Waals surface area contributed by atoms with Gasteiger partial charge in [-0.15, -0.1) is 0 Å². The first-order valence-electron chi connectivity index (χ1n) is 10.2. The van der Waals surface area contributed by atoms with Gasteiger partial charge in [-0.3, -0.25) is 9.88 Å². The normalized spacial score (nSPS) is 15.9. The van der Waals surface area contributed by atoms with Crippen molar-refractivity contribution in [3.8, 4) is 5.75 Å². The summed E-state index contributed by atoms with van der Waals surface area (Å²) in [6.07, 6.45) is 4.02. The number of hydrogen-bond donors (Lipinski definition) is 2. The number of benzene rings is 1. The van der Waals surface area contributed by atoms with Crippen LogP contribution >= 0.6 is 0 Å². The van der Waals surface area contributed by atoms with E-state index < -0.39 is 0 Å². The van der Waals surface area contributed by atoms with Crippen LogP contribution in [0, 0.1) is 5.82 Å². The van der Waals surface area contributed by atoms with E-state index in [1.54, 1.807) is 19.4 Å². The minimum Gasteiger partial charge on any atom is -0.497 e. The van der Waals surface area contributed by atoms with Crippen molar-refractivity contribution in [2.24, 2.45) is 4.99 Å². The molecule has 3 rings (SSSR count). The Morgan fingerprint density at radius 2 is 2.07 bits per heavy atom. The standard InChI is InChI=1S/C22H30FN5O/c1-3-24-22(26-15-20-19(23)10-7-11-25-20)27-16-21(28-12-4-5-13-28)17-8-6-9-18(14-17)29-2/h6-11,14,21H,3-5,12-13,15-16H2,1-2H3,(H2,24,26,27). The third kappa shape index (κ3) is 5.90. The second kappa shape index (κ2) is 10.8. The van der Waals surface area contributed by atoms with Crippen LogP contribution in [0.15, 0.2) is 47.6 Å². The van der Waals surface area contributed by atoms with Gasteiger partial charge in [0.2, 0.25) is 0 Å². The molecule has 156 valence electrons. The molecule has 7 heteroatoms. The number of aliphatic imine (C=N–C) groups is 1. The third-order valence-electron chi connectivity index (χ3n) is 5.09. The summed E-state index contributed by atoms with van der Waals surface area (Å²) >= 11 is 0. The number of nitrogens with one attached hydrogen (secondary N) is 2. The first kappa shape index (κ1) is 21.0. The number of nitrogens with zero attached hydrogens (tertiary/aromatic N) is 3. The van der Waals surface area contributed by atoms with Gasteiger partial charge in [-0.25, -0.2) is 9.38 Å². The monoisotopic (exact) mass is 399 g/mol. The minimum atomic E-state index is -0.335. The summed E-state index contributed by atoms with van der Waals surface area (Å²) in [7, 11) is 1.69. The number of rotatable bonds is 8.